The maximum absolute atomic E-state index is 11.1. The van der Waals surface area contributed by atoms with Gasteiger partial charge in [0.1, 0.15) is 5.69 Å². The average Bonchev–Trinajstić information content (AvgIpc) is 2.38. The third kappa shape index (κ3) is 3.28. The Labute approximate surface area is 119 Å². The zero-order valence-electron chi connectivity index (χ0n) is 12.3. The molecule has 20 heavy (non-hydrogen) atoms. The van der Waals surface area contributed by atoms with E-state index in [0.29, 0.717) is 12.3 Å². The Morgan fingerprint density at radius 1 is 1.55 bits per heavy atom. The normalized spacial score (nSPS) is 26.2. The summed E-state index contributed by atoms with van der Waals surface area (Å²) in [6.45, 7) is 6.85. The summed E-state index contributed by atoms with van der Waals surface area (Å²) in [5.41, 5.74) is 1.64. The molecule has 2 rings (SSSR count). The number of nitro groups is 1. The standard InChI is InChI=1S/C15H22N2O3/c1-4-15(3)10-12(7-8-20-15)16-13-9-11(2)5-6-14(13)17(18)19/h5-6,9,12,16H,4,7-8,10H2,1-3H3. The first-order valence-corrected chi connectivity index (χ1v) is 7.09. The van der Waals surface area contributed by atoms with Crippen molar-refractivity contribution in [1.29, 1.82) is 0 Å². The summed E-state index contributed by atoms with van der Waals surface area (Å²) in [6, 6.07) is 5.39. The molecule has 0 aromatic heterocycles. The molecule has 2 unspecified atom stereocenters. The molecule has 2 atom stereocenters. The lowest BCUT2D eigenvalue weighted by atomic mass is 9.89. The van der Waals surface area contributed by atoms with Gasteiger partial charge in [-0.3, -0.25) is 10.1 Å². The fraction of sp³-hybridized carbons (Fsp3) is 0.600. The number of benzene rings is 1. The molecule has 0 bridgehead atoms. The highest BCUT2D eigenvalue weighted by Gasteiger charge is 2.32. The van der Waals surface area contributed by atoms with Crippen molar-refractivity contribution in [3.63, 3.8) is 0 Å². The molecule has 5 nitrogen and oxygen atoms in total. The first-order chi connectivity index (χ1) is 9.43. The molecule has 1 saturated heterocycles. The zero-order chi connectivity index (χ0) is 14.8. The van der Waals surface area contributed by atoms with Gasteiger partial charge in [-0.05, 0) is 44.7 Å². The van der Waals surface area contributed by atoms with E-state index >= 15 is 0 Å². The topological polar surface area (TPSA) is 64.4 Å². The molecule has 110 valence electrons. The molecule has 0 radical (unpaired) electrons. The molecule has 1 aromatic rings. The van der Waals surface area contributed by atoms with Crippen molar-refractivity contribution in [2.45, 2.75) is 51.7 Å². The van der Waals surface area contributed by atoms with Crippen LogP contribution in [0.3, 0.4) is 0 Å². The zero-order valence-corrected chi connectivity index (χ0v) is 12.3. The number of rotatable bonds is 4. The highest BCUT2D eigenvalue weighted by atomic mass is 16.6. The molecular weight excluding hydrogens is 256 g/mol. The monoisotopic (exact) mass is 278 g/mol. The van der Waals surface area contributed by atoms with Crippen LogP contribution >= 0.6 is 0 Å². The second kappa shape index (κ2) is 5.79. The Morgan fingerprint density at radius 3 is 2.95 bits per heavy atom. The minimum absolute atomic E-state index is 0.130. The second-order valence-corrected chi connectivity index (χ2v) is 5.76. The van der Waals surface area contributed by atoms with Gasteiger partial charge in [0.05, 0.1) is 10.5 Å². The SMILES string of the molecule is CCC1(C)CC(Nc2cc(C)ccc2[N+](=O)[O-])CCO1. The summed E-state index contributed by atoms with van der Waals surface area (Å²) in [5, 5.41) is 14.4. The quantitative estimate of drug-likeness (QED) is 0.674. The minimum Gasteiger partial charge on any atom is -0.377 e. The van der Waals surface area contributed by atoms with Gasteiger partial charge in [0.2, 0.25) is 0 Å². The number of hydrogen-bond donors (Lipinski definition) is 1. The number of hydrogen-bond acceptors (Lipinski definition) is 4. The van der Waals surface area contributed by atoms with Gasteiger partial charge in [0.25, 0.3) is 5.69 Å². The predicted molar refractivity (Wildman–Crippen MR) is 79.1 cm³/mol. The van der Waals surface area contributed by atoms with E-state index in [4.69, 9.17) is 4.74 Å². The Bertz CT molecular complexity index is 504. The molecule has 1 aromatic carbocycles. The number of ether oxygens (including phenoxy) is 1. The van der Waals surface area contributed by atoms with Crippen molar-refractivity contribution in [3.8, 4) is 0 Å². The van der Waals surface area contributed by atoms with Gasteiger partial charge < -0.3 is 10.1 Å². The Morgan fingerprint density at radius 2 is 2.30 bits per heavy atom. The highest BCUT2D eigenvalue weighted by molar-refractivity contribution is 5.63. The van der Waals surface area contributed by atoms with Crippen molar-refractivity contribution in [2.24, 2.45) is 0 Å². The largest absolute Gasteiger partial charge is 0.377 e. The fourth-order valence-electron chi connectivity index (χ4n) is 2.64. The predicted octanol–water partition coefficient (Wildman–Crippen LogP) is 3.66. The van der Waals surface area contributed by atoms with Crippen LogP contribution in [0.25, 0.3) is 0 Å². The van der Waals surface area contributed by atoms with Crippen LogP contribution in [0.4, 0.5) is 11.4 Å². The summed E-state index contributed by atoms with van der Waals surface area (Å²) in [5.74, 6) is 0. The minimum atomic E-state index is -0.333. The highest BCUT2D eigenvalue weighted by Crippen LogP contribution is 2.32. The maximum Gasteiger partial charge on any atom is 0.292 e. The van der Waals surface area contributed by atoms with Crippen LogP contribution < -0.4 is 5.32 Å². The van der Waals surface area contributed by atoms with E-state index in [2.05, 4.69) is 19.2 Å². The number of nitrogens with zero attached hydrogens (tertiary/aromatic N) is 1. The van der Waals surface area contributed by atoms with Crippen LogP contribution in [0.5, 0.6) is 0 Å². The lowest BCUT2D eigenvalue weighted by Crippen LogP contribution is -2.41. The van der Waals surface area contributed by atoms with Crippen LogP contribution in [0.15, 0.2) is 18.2 Å². The van der Waals surface area contributed by atoms with Crippen molar-refractivity contribution in [1.82, 2.24) is 0 Å². The molecule has 1 N–H and O–H groups in total. The van der Waals surface area contributed by atoms with Crippen LogP contribution in [-0.4, -0.2) is 23.2 Å². The lowest BCUT2D eigenvalue weighted by molar-refractivity contribution is -0.384. The number of aryl methyl sites for hydroxylation is 1. The molecule has 0 saturated carbocycles. The molecule has 1 fully saturated rings. The average molecular weight is 278 g/mol. The third-order valence-electron chi connectivity index (χ3n) is 4.05. The third-order valence-corrected chi connectivity index (χ3v) is 4.05. The van der Waals surface area contributed by atoms with E-state index < -0.39 is 0 Å². The van der Waals surface area contributed by atoms with E-state index in [-0.39, 0.29) is 22.3 Å². The van der Waals surface area contributed by atoms with Crippen molar-refractivity contribution in [3.05, 3.63) is 33.9 Å². The summed E-state index contributed by atoms with van der Waals surface area (Å²) in [6.07, 6.45) is 2.69. The van der Waals surface area contributed by atoms with E-state index in [0.717, 1.165) is 24.8 Å². The molecular formula is C15H22N2O3. The molecule has 1 heterocycles. The van der Waals surface area contributed by atoms with Gasteiger partial charge in [-0.25, -0.2) is 0 Å². The van der Waals surface area contributed by atoms with E-state index in [1.54, 1.807) is 12.1 Å². The number of nitrogens with one attached hydrogen (secondary N) is 1. The Hall–Kier alpha value is -1.62. The van der Waals surface area contributed by atoms with Crippen LogP contribution in [0.2, 0.25) is 0 Å². The van der Waals surface area contributed by atoms with E-state index in [9.17, 15) is 10.1 Å². The summed E-state index contributed by atoms with van der Waals surface area (Å²) in [7, 11) is 0. The first-order valence-electron chi connectivity index (χ1n) is 7.09. The van der Waals surface area contributed by atoms with Crippen LogP contribution in [-0.2, 0) is 4.74 Å². The maximum atomic E-state index is 11.1. The van der Waals surface area contributed by atoms with Gasteiger partial charge in [-0.1, -0.05) is 13.0 Å². The Kier molecular flexibility index (Phi) is 4.28. The summed E-state index contributed by atoms with van der Waals surface area (Å²) < 4.78 is 5.81. The second-order valence-electron chi connectivity index (χ2n) is 5.76. The van der Waals surface area contributed by atoms with Gasteiger partial charge in [0, 0.05) is 18.7 Å². The molecule has 1 aliphatic heterocycles. The first kappa shape index (κ1) is 14.8. The van der Waals surface area contributed by atoms with Gasteiger partial charge in [0.15, 0.2) is 0 Å². The Balaban J connectivity index is 2.17. The van der Waals surface area contributed by atoms with Crippen molar-refractivity contribution in [2.75, 3.05) is 11.9 Å². The molecule has 1 aliphatic rings. The summed E-state index contributed by atoms with van der Waals surface area (Å²) in [4.78, 5) is 10.8. The van der Waals surface area contributed by atoms with E-state index in [1.807, 2.05) is 13.0 Å². The van der Waals surface area contributed by atoms with E-state index in [1.165, 1.54) is 0 Å². The fourth-order valence-corrected chi connectivity index (χ4v) is 2.64. The van der Waals surface area contributed by atoms with Gasteiger partial charge >= 0.3 is 0 Å². The van der Waals surface area contributed by atoms with Gasteiger partial charge in [-0.2, -0.15) is 0 Å². The molecule has 0 aliphatic carbocycles. The molecule has 5 heteroatoms. The lowest BCUT2D eigenvalue weighted by Gasteiger charge is -2.38. The number of nitro benzene ring substituents is 1. The molecule has 0 amide bonds. The summed E-state index contributed by atoms with van der Waals surface area (Å²) >= 11 is 0. The number of anilines is 1. The molecule has 0 spiro atoms. The smallest absolute Gasteiger partial charge is 0.292 e. The van der Waals surface area contributed by atoms with Gasteiger partial charge in [-0.15, -0.1) is 0 Å². The van der Waals surface area contributed by atoms with Crippen molar-refractivity contribution < 1.29 is 9.66 Å². The van der Waals surface area contributed by atoms with Crippen LogP contribution in [0, 0.1) is 17.0 Å². The van der Waals surface area contributed by atoms with Crippen LogP contribution in [0.1, 0.15) is 38.7 Å². The van der Waals surface area contributed by atoms with Crippen molar-refractivity contribution >= 4 is 11.4 Å².